The number of esters is 4. The molecule has 274 valence electrons. The van der Waals surface area contributed by atoms with Crippen LogP contribution in [0.15, 0.2) is 0 Å². The van der Waals surface area contributed by atoms with Crippen LogP contribution >= 0.6 is 23.5 Å². The topological polar surface area (TPSA) is 199 Å². The zero-order chi connectivity index (χ0) is 36.7. The van der Waals surface area contributed by atoms with Crippen LogP contribution in [0.2, 0.25) is 0 Å². The Morgan fingerprint density at radius 1 is 0.854 bits per heavy atom. The third kappa shape index (κ3) is 15.9. The summed E-state index contributed by atoms with van der Waals surface area (Å²) in [6.07, 6.45) is -2.45. The Balaban J connectivity index is 3.68. The maximum Gasteiger partial charge on any atom is 0.407 e. The average Bonchev–Trinajstić information content (AvgIpc) is 2.94. The minimum absolute atomic E-state index is 0.0533. The minimum Gasteiger partial charge on any atom is -0.466 e. The second-order valence-electron chi connectivity index (χ2n) is 12.1. The fourth-order valence-corrected chi connectivity index (χ4v) is 6.87. The molecule has 0 radical (unpaired) electrons. The van der Waals surface area contributed by atoms with Gasteiger partial charge in [0.05, 0.1) is 19.2 Å². The van der Waals surface area contributed by atoms with Gasteiger partial charge in [-0.05, 0) is 39.4 Å². The Kier molecular flexibility index (Phi) is 18.3. The summed E-state index contributed by atoms with van der Waals surface area (Å²) in [6.45, 7) is 10.5. The van der Waals surface area contributed by atoms with Crippen LogP contribution in [-0.4, -0.2) is 107 Å². The van der Waals surface area contributed by atoms with Crippen LogP contribution in [0.1, 0.15) is 87.5 Å². The van der Waals surface area contributed by atoms with Crippen molar-refractivity contribution >= 4 is 64.5 Å². The van der Waals surface area contributed by atoms with Gasteiger partial charge < -0.3 is 39.1 Å². The van der Waals surface area contributed by atoms with Crippen LogP contribution < -0.4 is 10.6 Å². The fourth-order valence-electron chi connectivity index (χ4n) is 4.88. The first-order chi connectivity index (χ1) is 22.3. The molecule has 0 bridgehead atoms. The molecule has 6 atom stereocenters. The number of methoxy groups -OCH3 is 1. The second kappa shape index (κ2) is 20.5. The van der Waals surface area contributed by atoms with Crippen LogP contribution in [0.3, 0.4) is 0 Å². The summed E-state index contributed by atoms with van der Waals surface area (Å²) in [4.78, 5) is 85.0. The third-order valence-electron chi connectivity index (χ3n) is 6.61. The standard InChI is InChI=1S/C31H50N2O13S2/c1-18(34)32-25-23(33-29(40)46-30(6,7)8)16-31(28(39)41-9,48-15-13-11-10-12-14-47-22(5)38)45-27(25)26(44-21(4)37)24(43-20(3)36)17-42-19(2)35/h23-27H,10-17H2,1-9H3,(H,32,34)(H,33,40)/t23-,24-,25+,26-,27+,31-/m0/s1. The van der Waals surface area contributed by atoms with Gasteiger partial charge in [-0.2, -0.15) is 0 Å². The number of nitrogens with one attached hydrogen (secondary N) is 2. The quantitative estimate of drug-likeness (QED) is 0.126. The van der Waals surface area contributed by atoms with Gasteiger partial charge in [0.2, 0.25) is 10.8 Å². The molecular formula is C31H50N2O13S2. The van der Waals surface area contributed by atoms with Crippen molar-refractivity contribution in [2.45, 2.75) is 128 Å². The molecule has 0 aromatic heterocycles. The number of unbranched alkanes of at least 4 members (excludes halogenated alkanes) is 3. The normalized spacial score (nSPS) is 21.9. The summed E-state index contributed by atoms with van der Waals surface area (Å²) in [5.74, 6) is -2.65. The van der Waals surface area contributed by atoms with Crippen molar-refractivity contribution in [2.75, 3.05) is 25.2 Å². The molecule has 1 fully saturated rings. The summed E-state index contributed by atoms with van der Waals surface area (Å²) >= 11 is 2.36. The van der Waals surface area contributed by atoms with E-state index in [0.29, 0.717) is 17.9 Å². The van der Waals surface area contributed by atoms with E-state index in [0.717, 1.165) is 58.9 Å². The highest BCUT2D eigenvalue weighted by molar-refractivity contribution is 8.13. The molecule has 0 aliphatic carbocycles. The number of hydrogen-bond donors (Lipinski definition) is 2. The van der Waals surface area contributed by atoms with Gasteiger partial charge in [0, 0.05) is 46.8 Å². The maximum atomic E-state index is 13.6. The first kappa shape index (κ1) is 43.0. The lowest BCUT2D eigenvalue weighted by Crippen LogP contribution is -2.70. The highest BCUT2D eigenvalue weighted by Crippen LogP contribution is 2.42. The Morgan fingerprint density at radius 3 is 1.96 bits per heavy atom. The Labute approximate surface area is 290 Å². The van der Waals surface area contributed by atoms with E-state index in [1.165, 1.54) is 25.6 Å². The van der Waals surface area contributed by atoms with Crippen LogP contribution in [0.5, 0.6) is 0 Å². The zero-order valence-corrected chi connectivity index (χ0v) is 30.8. The molecular weight excluding hydrogens is 672 g/mol. The van der Waals surface area contributed by atoms with E-state index >= 15 is 0 Å². The van der Waals surface area contributed by atoms with E-state index < -0.39 is 83.4 Å². The zero-order valence-electron chi connectivity index (χ0n) is 29.2. The molecule has 15 nitrogen and oxygen atoms in total. The molecule has 0 aromatic carbocycles. The Bertz CT molecular complexity index is 1150. The number of amides is 2. The van der Waals surface area contributed by atoms with Crippen molar-refractivity contribution in [1.82, 2.24) is 10.6 Å². The lowest BCUT2D eigenvalue weighted by molar-refractivity contribution is -0.212. The molecule has 1 saturated heterocycles. The van der Waals surface area contributed by atoms with Gasteiger partial charge in [-0.1, -0.05) is 24.6 Å². The second-order valence-corrected chi connectivity index (χ2v) is 14.8. The predicted octanol–water partition coefficient (Wildman–Crippen LogP) is 3.04. The summed E-state index contributed by atoms with van der Waals surface area (Å²) < 4.78 is 33.3. The first-order valence-electron chi connectivity index (χ1n) is 15.6. The lowest BCUT2D eigenvalue weighted by atomic mass is 9.87. The molecule has 2 N–H and O–H groups in total. The fraction of sp³-hybridized carbons (Fsp3) is 0.774. The van der Waals surface area contributed by atoms with Crippen molar-refractivity contribution in [1.29, 1.82) is 0 Å². The largest absolute Gasteiger partial charge is 0.466 e. The van der Waals surface area contributed by atoms with E-state index in [9.17, 15) is 33.6 Å². The summed E-state index contributed by atoms with van der Waals surface area (Å²) in [7, 11) is 1.16. The molecule has 1 heterocycles. The summed E-state index contributed by atoms with van der Waals surface area (Å²) in [5.41, 5.74) is -0.903. The summed E-state index contributed by atoms with van der Waals surface area (Å²) in [6, 6.07) is -2.27. The van der Waals surface area contributed by atoms with Gasteiger partial charge in [0.15, 0.2) is 17.3 Å². The monoisotopic (exact) mass is 722 g/mol. The molecule has 0 saturated carbocycles. The van der Waals surface area contributed by atoms with Gasteiger partial charge in [0.25, 0.3) is 0 Å². The minimum atomic E-state index is -1.82. The van der Waals surface area contributed by atoms with Crippen molar-refractivity contribution in [3.05, 3.63) is 0 Å². The van der Waals surface area contributed by atoms with E-state index in [-0.39, 0.29) is 11.5 Å². The van der Waals surface area contributed by atoms with Crippen LogP contribution in [0.4, 0.5) is 4.79 Å². The molecule has 48 heavy (non-hydrogen) atoms. The number of ether oxygens (including phenoxy) is 6. The maximum absolute atomic E-state index is 13.6. The van der Waals surface area contributed by atoms with E-state index in [1.807, 2.05) is 0 Å². The number of rotatable bonds is 17. The number of carbonyl (C=O) groups is 7. The van der Waals surface area contributed by atoms with Crippen LogP contribution in [-0.2, 0) is 57.2 Å². The first-order valence-corrected chi connectivity index (χ1v) is 17.5. The highest BCUT2D eigenvalue weighted by Gasteiger charge is 2.58. The molecule has 1 aliphatic rings. The van der Waals surface area contributed by atoms with Crippen LogP contribution in [0.25, 0.3) is 0 Å². The Morgan fingerprint density at radius 2 is 1.46 bits per heavy atom. The number of hydrogen-bond acceptors (Lipinski definition) is 15. The Hall–Kier alpha value is -3.05. The molecule has 17 heteroatoms. The van der Waals surface area contributed by atoms with Gasteiger partial charge in [-0.3, -0.25) is 24.0 Å². The smallest absolute Gasteiger partial charge is 0.407 e. The number of alkyl carbamates (subject to hydrolysis) is 1. The highest BCUT2D eigenvalue weighted by atomic mass is 32.2. The van der Waals surface area contributed by atoms with Gasteiger partial charge >= 0.3 is 30.0 Å². The average molecular weight is 723 g/mol. The molecule has 1 rings (SSSR count). The molecule has 1 aliphatic heterocycles. The van der Waals surface area contributed by atoms with Crippen molar-refractivity contribution in [2.24, 2.45) is 0 Å². The third-order valence-corrected chi connectivity index (χ3v) is 8.90. The van der Waals surface area contributed by atoms with Crippen molar-refractivity contribution in [3.8, 4) is 0 Å². The molecule has 2 amide bonds. The van der Waals surface area contributed by atoms with Gasteiger partial charge in [-0.15, -0.1) is 11.8 Å². The van der Waals surface area contributed by atoms with Crippen LogP contribution in [0, 0.1) is 0 Å². The van der Waals surface area contributed by atoms with Crippen molar-refractivity contribution in [3.63, 3.8) is 0 Å². The predicted molar refractivity (Wildman–Crippen MR) is 177 cm³/mol. The molecule has 0 spiro atoms. The van der Waals surface area contributed by atoms with E-state index in [2.05, 4.69) is 10.6 Å². The molecule has 0 aromatic rings. The number of carbonyl (C=O) groups excluding carboxylic acids is 7. The van der Waals surface area contributed by atoms with E-state index in [1.54, 1.807) is 20.8 Å². The summed E-state index contributed by atoms with van der Waals surface area (Å²) in [5, 5.41) is 5.49. The van der Waals surface area contributed by atoms with Crippen molar-refractivity contribution < 1.29 is 62.0 Å². The SMILES string of the molecule is COC(=O)[C@@]1(SCCCCCCSC(C)=O)C[C@H](NC(=O)OC(C)(C)C)[C@@H](NC(C)=O)[C@H]([C@@H](OC(C)=O)[C@H](COC(C)=O)OC(C)=O)O1. The molecule has 0 unspecified atom stereocenters. The number of thioether (sulfide) groups is 2. The lowest BCUT2D eigenvalue weighted by Gasteiger charge is -2.49. The van der Waals surface area contributed by atoms with Gasteiger partial charge in [-0.25, -0.2) is 9.59 Å². The van der Waals surface area contributed by atoms with Gasteiger partial charge in [0.1, 0.15) is 18.3 Å². The van der Waals surface area contributed by atoms with E-state index in [4.69, 9.17) is 28.4 Å².